The zero-order chi connectivity index (χ0) is 13.7. The zero-order valence-electron chi connectivity index (χ0n) is 12.4. The lowest BCUT2D eigenvalue weighted by Gasteiger charge is -2.31. The van der Waals surface area contributed by atoms with E-state index in [4.69, 9.17) is 5.73 Å². The number of amides is 1. The highest BCUT2D eigenvalue weighted by atomic mass is 35.5. The Balaban J connectivity index is 0.00000200. The van der Waals surface area contributed by atoms with E-state index in [-0.39, 0.29) is 30.7 Å². The first-order chi connectivity index (χ1) is 9.17. The maximum atomic E-state index is 12.0. The molecule has 120 valence electrons. The van der Waals surface area contributed by atoms with Crippen LogP contribution in [0.2, 0.25) is 0 Å². The molecular formula is C15H25Cl2N3O. The Morgan fingerprint density at radius 2 is 1.81 bits per heavy atom. The SMILES string of the molecule is CCN1CCC(NC(=O)Cc2ccc(N)cc2)CC1.Cl.Cl. The van der Waals surface area contributed by atoms with Crippen LogP contribution in [-0.4, -0.2) is 36.5 Å². The molecule has 0 unspecified atom stereocenters. The summed E-state index contributed by atoms with van der Waals surface area (Å²) in [5.74, 6) is 0.111. The highest BCUT2D eigenvalue weighted by molar-refractivity contribution is 5.85. The van der Waals surface area contributed by atoms with Crippen molar-refractivity contribution in [3.05, 3.63) is 29.8 Å². The van der Waals surface area contributed by atoms with Gasteiger partial charge < -0.3 is 16.0 Å². The first kappa shape index (κ1) is 20.0. The van der Waals surface area contributed by atoms with E-state index in [2.05, 4.69) is 17.1 Å². The highest BCUT2D eigenvalue weighted by Gasteiger charge is 2.19. The van der Waals surface area contributed by atoms with Gasteiger partial charge in [-0.25, -0.2) is 0 Å². The van der Waals surface area contributed by atoms with Crippen LogP contribution in [0.4, 0.5) is 5.69 Å². The van der Waals surface area contributed by atoms with Crippen LogP contribution in [0.1, 0.15) is 25.3 Å². The van der Waals surface area contributed by atoms with Gasteiger partial charge in [-0.05, 0) is 37.1 Å². The molecule has 1 amide bonds. The number of likely N-dealkylation sites (tertiary alicyclic amines) is 1. The van der Waals surface area contributed by atoms with Crippen molar-refractivity contribution in [1.29, 1.82) is 0 Å². The van der Waals surface area contributed by atoms with Crippen molar-refractivity contribution >= 4 is 36.4 Å². The molecule has 0 saturated carbocycles. The van der Waals surface area contributed by atoms with Crippen molar-refractivity contribution in [1.82, 2.24) is 10.2 Å². The number of carbonyl (C=O) groups is 1. The molecule has 1 aromatic rings. The molecule has 2 rings (SSSR count). The normalized spacial score (nSPS) is 15.7. The minimum absolute atomic E-state index is 0. The molecule has 21 heavy (non-hydrogen) atoms. The minimum Gasteiger partial charge on any atom is -0.399 e. The number of benzene rings is 1. The van der Waals surface area contributed by atoms with Crippen LogP contribution in [0.5, 0.6) is 0 Å². The summed E-state index contributed by atoms with van der Waals surface area (Å²) in [7, 11) is 0. The van der Waals surface area contributed by atoms with Crippen LogP contribution >= 0.6 is 24.8 Å². The minimum atomic E-state index is 0. The summed E-state index contributed by atoms with van der Waals surface area (Å²) in [6.45, 7) is 5.46. The van der Waals surface area contributed by atoms with Crippen LogP contribution in [0, 0.1) is 0 Å². The van der Waals surface area contributed by atoms with E-state index in [0.717, 1.165) is 43.7 Å². The second-order valence-electron chi connectivity index (χ2n) is 5.19. The van der Waals surface area contributed by atoms with Gasteiger partial charge in [-0.1, -0.05) is 19.1 Å². The molecule has 6 heteroatoms. The quantitative estimate of drug-likeness (QED) is 0.831. The lowest BCUT2D eigenvalue weighted by molar-refractivity contribution is -0.121. The second kappa shape index (κ2) is 9.87. The Morgan fingerprint density at radius 1 is 1.24 bits per heavy atom. The predicted molar refractivity (Wildman–Crippen MR) is 92.3 cm³/mol. The van der Waals surface area contributed by atoms with Gasteiger partial charge in [-0.3, -0.25) is 4.79 Å². The molecule has 1 aliphatic heterocycles. The van der Waals surface area contributed by atoms with E-state index in [9.17, 15) is 4.79 Å². The van der Waals surface area contributed by atoms with Crippen molar-refractivity contribution < 1.29 is 4.79 Å². The first-order valence-electron chi connectivity index (χ1n) is 7.03. The molecule has 0 spiro atoms. The maximum absolute atomic E-state index is 12.0. The Kier molecular flexibility index (Phi) is 9.42. The second-order valence-corrected chi connectivity index (χ2v) is 5.19. The Morgan fingerprint density at radius 3 is 2.33 bits per heavy atom. The van der Waals surface area contributed by atoms with Crippen molar-refractivity contribution in [2.45, 2.75) is 32.2 Å². The van der Waals surface area contributed by atoms with Crippen molar-refractivity contribution in [2.75, 3.05) is 25.4 Å². The van der Waals surface area contributed by atoms with Gasteiger partial charge in [-0.2, -0.15) is 0 Å². The number of nitrogens with zero attached hydrogens (tertiary/aromatic N) is 1. The molecule has 1 aliphatic rings. The third kappa shape index (κ3) is 6.55. The summed E-state index contributed by atoms with van der Waals surface area (Å²) in [5, 5.41) is 3.13. The van der Waals surface area contributed by atoms with Crippen molar-refractivity contribution in [3.63, 3.8) is 0 Å². The number of carbonyl (C=O) groups excluding carboxylic acids is 1. The fraction of sp³-hybridized carbons (Fsp3) is 0.533. The van der Waals surface area contributed by atoms with Crippen LogP contribution in [-0.2, 0) is 11.2 Å². The predicted octanol–water partition coefficient (Wildman–Crippen LogP) is 2.26. The molecule has 1 fully saturated rings. The number of nitrogens with two attached hydrogens (primary N) is 1. The molecule has 1 aromatic carbocycles. The van der Waals surface area contributed by atoms with Crippen LogP contribution in [0.15, 0.2) is 24.3 Å². The lowest BCUT2D eigenvalue weighted by atomic mass is 10.0. The van der Waals surface area contributed by atoms with E-state index in [1.54, 1.807) is 0 Å². The Hall–Kier alpha value is -0.970. The third-order valence-electron chi connectivity index (χ3n) is 3.74. The number of anilines is 1. The molecule has 0 atom stereocenters. The van der Waals surface area contributed by atoms with Gasteiger partial charge in [0.2, 0.25) is 5.91 Å². The average molecular weight is 334 g/mol. The van der Waals surface area contributed by atoms with Gasteiger partial charge in [-0.15, -0.1) is 24.8 Å². The number of hydrogen-bond acceptors (Lipinski definition) is 3. The first-order valence-corrected chi connectivity index (χ1v) is 7.03. The van der Waals surface area contributed by atoms with E-state index in [1.165, 1.54) is 0 Å². The van der Waals surface area contributed by atoms with Gasteiger partial charge in [0, 0.05) is 24.8 Å². The summed E-state index contributed by atoms with van der Waals surface area (Å²) in [6.07, 6.45) is 2.55. The number of rotatable bonds is 4. The number of nitrogen functional groups attached to an aromatic ring is 1. The molecule has 1 heterocycles. The smallest absolute Gasteiger partial charge is 0.224 e. The van der Waals surface area contributed by atoms with Gasteiger partial charge in [0.1, 0.15) is 0 Å². The summed E-state index contributed by atoms with van der Waals surface area (Å²) in [5.41, 5.74) is 7.37. The molecule has 3 N–H and O–H groups in total. The Bertz CT molecular complexity index is 417. The van der Waals surface area contributed by atoms with Crippen molar-refractivity contribution in [2.24, 2.45) is 0 Å². The fourth-order valence-corrected chi connectivity index (χ4v) is 2.49. The zero-order valence-corrected chi connectivity index (χ0v) is 14.0. The number of hydrogen-bond donors (Lipinski definition) is 2. The average Bonchev–Trinajstić information content (AvgIpc) is 2.42. The van der Waals surface area contributed by atoms with Gasteiger partial charge in [0.15, 0.2) is 0 Å². The molecule has 4 nitrogen and oxygen atoms in total. The van der Waals surface area contributed by atoms with Crippen LogP contribution in [0.3, 0.4) is 0 Å². The van der Waals surface area contributed by atoms with Gasteiger partial charge in [0.25, 0.3) is 0 Å². The van der Waals surface area contributed by atoms with E-state index >= 15 is 0 Å². The van der Waals surface area contributed by atoms with E-state index < -0.39 is 0 Å². The maximum Gasteiger partial charge on any atom is 0.224 e. The summed E-state index contributed by atoms with van der Waals surface area (Å²) in [4.78, 5) is 14.4. The van der Waals surface area contributed by atoms with Crippen LogP contribution in [0.25, 0.3) is 0 Å². The van der Waals surface area contributed by atoms with E-state index in [1.807, 2.05) is 24.3 Å². The van der Waals surface area contributed by atoms with Crippen molar-refractivity contribution in [3.8, 4) is 0 Å². The fourth-order valence-electron chi connectivity index (χ4n) is 2.49. The number of halogens is 2. The number of piperidine rings is 1. The van der Waals surface area contributed by atoms with Gasteiger partial charge in [0.05, 0.1) is 6.42 Å². The molecule has 1 saturated heterocycles. The highest BCUT2D eigenvalue weighted by Crippen LogP contribution is 2.11. The standard InChI is InChI=1S/C15H23N3O.2ClH/c1-2-18-9-7-14(8-10-18)17-15(19)11-12-3-5-13(16)6-4-12;;/h3-6,14H,2,7-11,16H2,1H3,(H,17,19);2*1H. The topological polar surface area (TPSA) is 58.4 Å². The van der Waals surface area contributed by atoms with Gasteiger partial charge >= 0.3 is 0 Å². The van der Waals surface area contributed by atoms with E-state index in [0.29, 0.717) is 12.5 Å². The summed E-state index contributed by atoms with van der Waals surface area (Å²) in [6, 6.07) is 7.83. The summed E-state index contributed by atoms with van der Waals surface area (Å²) < 4.78 is 0. The molecule has 0 aliphatic carbocycles. The largest absolute Gasteiger partial charge is 0.399 e. The van der Waals surface area contributed by atoms with Crippen LogP contribution < -0.4 is 11.1 Å². The lowest BCUT2D eigenvalue weighted by Crippen LogP contribution is -2.44. The molecule has 0 aromatic heterocycles. The summed E-state index contributed by atoms with van der Waals surface area (Å²) >= 11 is 0. The number of nitrogens with one attached hydrogen (secondary N) is 1. The molecule has 0 radical (unpaired) electrons. The third-order valence-corrected chi connectivity index (χ3v) is 3.74. The Labute approximate surface area is 139 Å². The molecular weight excluding hydrogens is 309 g/mol. The monoisotopic (exact) mass is 333 g/mol. The molecule has 0 bridgehead atoms.